The zero-order chi connectivity index (χ0) is 22.6. The maximum Gasteiger partial charge on any atom is 0.330 e. The third kappa shape index (κ3) is 3.47. The highest BCUT2D eigenvalue weighted by atomic mass is 16.2. The number of rotatable bonds is 3. The van der Waals surface area contributed by atoms with Crippen molar-refractivity contribution in [2.24, 2.45) is 12.5 Å². The van der Waals surface area contributed by atoms with Gasteiger partial charge in [-0.1, -0.05) is 20.8 Å². The number of fused-ring (bicyclic) bond motifs is 4. The third-order valence-electron chi connectivity index (χ3n) is 6.61. The Morgan fingerprint density at radius 1 is 1.06 bits per heavy atom. The van der Waals surface area contributed by atoms with E-state index in [9.17, 15) is 9.59 Å². The lowest BCUT2D eigenvalue weighted by Crippen LogP contribution is -2.64. The van der Waals surface area contributed by atoms with Gasteiger partial charge in [-0.2, -0.15) is 0 Å². The maximum absolute atomic E-state index is 13.0. The predicted octanol–water partition coefficient (Wildman–Crippen LogP) is 2.67. The zero-order valence-corrected chi connectivity index (χ0v) is 19.2. The number of carbonyl (C=O) groups excluding carboxylic acids is 1. The number of hydrogen-bond acceptors (Lipinski definition) is 5. The summed E-state index contributed by atoms with van der Waals surface area (Å²) in [4.78, 5) is 39.1. The van der Waals surface area contributed by atoms with Crippen molar-refractivity contribution in [1.29, 1.82) is 0 Å². The Labute approximate surface area is 187 Å². The Kier molecular flexibility index (Phi) is 4.83. The third-order valence-corrected chi connectivity index (χ3v) is 6.61. The molecule has 32 heavy (non-hydrogen) atoms. The molecular formula is C24H30N6O2. The number of anilines is 1. The van der Waals surface area contributed by atoms with Crippen LogP contribution in [0.25, 0.3) is 11.2 Å². The van der Waals surface area contributed by atoms with Crippen molar-refractivity contribution in [3.63, 3.8) is 0 Å². The van der Waals surface area contributed by atoms with Crippen LogP contribution in [0.15, 0.2) is 41.5 Å². The average molecular weight is 435 g/mol. The fraction of sp³-hybridized carbons (Fsp3) is 0.500. The van der Waals surface area contributed by atoms with Crippen molar-refractivity contribution >= 4 is 22.9 Å². The van der Waals surface area contributed by atoms with Crippen LogP contribution in [0.2, 0.25) is 0 Å². The predicted molar refractivity (Wildman–Crippen MR) is 124 cm³/mol. The summed E-state index contributed by atoms with van der Waals surface area (Å²) in [7, 11) is 1.79. The van der Waals surface area contributed by atoms with Gasteiger partial charge in [0.2, 0.25) is 0 Å². The monoisotopic (exact) mass is 434 g/mol. The lowest BCUT2D eigenvalue weighted by molar-refractivity contribution is 0.0504. The van der Waals surface area contributed by atoms with E-state index in [1.807, 2.05) is 21.6 Å². The number of aryl methyl sites for hydroxylation is 1. The summed E-state index contributed by atoms with van der Waals surface area (Å²) in [5, 5.41) is 0. The van der Waals surface area contributed by atoms with Crippen LogP contribution in [0.1, 0.15) is 44.0 Å². The molecular weight excluding hydrogens is 404 g/mol. The molecule has 2 unspecified atom stereocenters. The van der Waals surface area contributed by atoms with Gasteiger partial charge in [-0.15, -0.1) is 0 Å². The molecule has 3 aromatic rings. The molecule has 0 spiro atoms. The summed E-state index contributed by atoms with van der Waals surface area (Å²) >= 11 is 0. The fourth-order valence-corrected chi connectivity index (χ4v) is 5.07. The molecule has 3 saturated heterocycles. The molecule has 0 saturated carbocycles. The second-order valence-corrected chi connectivity index (χ2v) is 10.2. The van der Waals surface area contributed by atoms with E-state index in [1.165, 1.54) is 0 Å². The molecule has 0 aromatic carbocycles. The van der Waals surface area contributed by atoms with E-state index in [0.717, 1.165) is 30.7 Å². The number of nitrogens with zero attached hydrogens (tertiary/aromatic N) is 6. The van der Waals surface area contributed by atoms with Crippen LogP contribution in [0.3, 0.4) is 0 Å². The van der Waals surface area contributed by atoms with Crippen molar-refractivity contribution < 1.29 is 4.79 Å². The van der Waals surface area contributed by atoms with E-state index in [2.05, 4.69) is 30.7 Å². The number of piperidine rings is 2. The number of carbonyl (C=O) groups is 1. The molecule has 1 amide bonds. The molecule has 6 heterocycles. The van der Waals surface area contributed by atoms with Crippen molar-refractivity contribution in [2.75, 3.05) is 18.0 Å². The minimum Gasteiger partial charge on any atom is -0.350 e. The molecule has 168 valence electrons. The maximum atomic E-state index is 13.0. The first-order valence-corrected chi connectivity index (χ1v) is 11.3. The Hall–Kier alpha value is -3.16. The number of amides is 1. The van der Waals surface area contributed by atoms with Gasteiger partial charge < -0.3 is 9.80 Å². The minimum atomic E-state index is -0.0335. The van der Waals surface area contributed by atoms with Crippen LogP contribution >= 0.6 is 0 Å². The highest BCUT2D eigenvalue weighted by Gasteiger charge is 2.41. The fourth-order valence-electron chi connectivity index (χ4n) is 5.07. The number of aromatic nitrogens is 4. The van der Waals surface area contributed by atoms with Crippen LogP contribution in [0.4, 0.5) is 5.82 Å². The molecule has 2 bridgehead atoms. The van der Waals surface area contributed by atoms with Gasteiger partial charge in [-0.25, -0.2) is 9.78 Å². The van der Waals surface area contributed by atoms with Gasteiger partial charge in [-0.3, -0.25) is 18.9 Å². The van der Waals surface area contributed by atoms with E-state index in [1.54, 1.807) is 36.1 Å². The summed E-state index contributed by atoms with van der Waals surface area (Å²) in [5.74, 6) is 0.957. The minimum absolute atomic E-state index is 0.00633. The highest BCUT2D eigenvalue weighted by molar-refractivity contribution is 5.94. The number of piperazine rings is 1. The quantitative estimate of drug-likeness (QED) is 0.634. The Morgan fingerprint density at radius 3 is 2.44 bits per heavy atom. The molecule has 3 aromatic heterocycles. The van der Waals surface area contributed by atoms with Crippen molar-refractivity contribution in [1.82, 2.24) is 24.0 Å². The van der Waals surface area contributed by atoms with Crippen LogP contribution < -0.4 is 10.6 Å². The van der Waals surface area contributed by atoms with Crippen LogP contribution in [0, 0.1) is 5.41 Å². The topological polar surface area (TPSA) is 76.3 Å². The van der Waals surface area contributed by atoms with Crippen LogP contribution in [-0.4, -0.2) is 55.1 Å². The number of hydrogen-bond donors (Lipinski definition) is 0. The largest absolute Gasteiger partial charge is 0.350 e. The van der Waals surface area contributed by atoms with Gasteiger partial charge in [0.05, 0.1) is 5.52 Å². The van der Waals surface area contributed by atoms with Crippen LogP contribution in [0.5, 0.6) is 0 Å². The molecule has 0 N–H and O–H groups in total. The van der Waals surface area contributed by atoms with E-state index < -0.39 is 0 Å². The summed E-state index contributed by atoms with van der Waals surface area (Å²) in [6.07, 6.45) is 5.36. The standard InChI is InChI=1S/C24H30N6O2/c1-24(2,3)15-30-19-7-8-20(26-21(19)27(4)23(30)32)28-13-18-6-5-17(28)14-29(18)22(31)16-9-11-25-12-10-16/h7-12,17-18H,5-6,13-15H2,1-4H3. The molecule has 3 aliphatic rings. The molecule has 8 heteroatoms. The lowest BCUT2D eigenvalue weighted by atomic mass is 9.90. The van der Waals surface area contributed by atoms with Gasteiger partial charge >= 0.3 is 5.69 Å². The lowest BCUT2D eigenvalue weighted by Gasteiger charge is -2.52. The summed E-state index contributed by atoms with van der Waals surface area (Å²) in [6, 6.07) is 7.99. The van der Waals surface area contributed by atoms with E-state index in [-0.39, 0.29) is 29.1 Å². The first-order valence-electron chi connectivity index (χ1n) is 11.3. The highest BCUT2D eigenvalue weighted by Crippen LogP contribution is 2.33. The smallest absolute Gasteiger partial charge is 0.330 e. The zero-order valence-electron chi connectivity index (χ0n) is 19.2. The first kappa shape index (κ1) is 20.7. The summed E-state index contributed by atoms with van der Waals surface area (Å²) in [5.41, 5.74) is 2.23. The molecule has 2 atom stereocenters. The molecule has 8 nitrogen and oxygen atoms in total. The summed E-state index contributed by atoms with van der Waals surface area (Å²) in [6.45, 7) is 8.48. The number of pyridine rings is 2. The summed E-state index contributed by atoms with van der Waals surface area (Å²) < 4.78 is 3.47. The average Bonchev–Trinajstić information content (AvgIpc) is 3.02. The molecule has 3 aliphatic heterocycles. The van der Waals surface area contributed by atoms with Crippen molar-refractivity contribution in [3.05, 3.63) is 52.7 Å². The molecule has 6 rings (SSSR count). The van der Waals surface area contributed by atoms with E-state index >= 15 is 0 Å². The second-order valence-electron chi connectivity index (χ2n) is 10.2. The van der Waals surface area contributed by atoms with Crippen molar-refractivity contribution in [2.45, 2.75) is 52.2 Å². The van der Waals surface area contributed by atoms with Gasteiger partial charge in [0.1, 0.15) is 5.82 Å². The van der Waals surface area contributed by atoms with Gasteiger partial charge in [0.25, 0.3) is 5.91 Å². The Balaban J connectivity index is 1.43. The van der Waals surface area contributed by atoms with Gasteiger partial charge in [0.15, 0.2) is 5.65 Å². The Bertz CT molecular complexity index is 1220. The second kappa shape index (κ2) is 7.46. The van der Waals surface area contributed by atoms with Crippen LogP contribution in [-0.2, 0) is 13.6 Å². The van der Waals surface area contributed by atoms with Crippen molar-refractivity contribution in [3.8, 4) is 0 Å². The normalized spacial score (nSPS) is 20.9. The van der Waals surface area contributed by atoms with Gasteiger partial charge in [-0.05, 0) is 42.5 Å². The van der Waals surface area contributed by atoms with Gasteiger partial charge in [0, 0.05) is 56.7 Å². The van der Waals surface area contributed by atoms with E-state index in [4.69, 9.17) is 4.98 Å². The first-order chi connectivity index (χ1) is 15.2. The number of imidazole rings is 1. The Morgan fingerprint density at radius 2 is 1.78 bits per heavy atom. The SMILES string of the molecule is Cn1c(=O)n(CC(C)(C)C)c2ccc(N3CC4CCC3CN4C(=O)c3ccncc3)nc21. The molecule has 0 aliphatic carbocycles. The molecule has 0 radical (unpaired) electrons. The molecule has 3 fully saturated rings. The van der Waals surface area contributed by atoms with E-state index in [0.29, 0.717) is 24.3 Å².